The van der Waals surface area contributed by atoms with E-state index < -0.39 is 0 Å². The maximum Gasteiger partial charge on any atom is 0.120 e. The third-order valence-electron chi connectivity index (χ3n) is 3.20. The van der Waals surface area contributed by atoms with E-state index in [-0.39, 0.29) is 5.60 Å². The molecule has 0 aromatic heterocycles. The second-order valence-electron chi connectivity index (χ2n) is 6.10. The third kappa shape index (κ3) is 3.77. The normalized spacial score (nSPS) is 13.0. The molecule has 2 heteroatoms. The van der Waals surface area contributed by atoms with E-state index in [0.717, 1.165) is 5.75 Å². The topological polar surface area (TPSA) is 29.5 Å². The van der Waals surface area contributed by atoms with Crippen molar-refractivity contribution in [1.29, 1.82) is 0 Å². The average Bonchev–Trinajstić information content (AvgIpc) is 2.38. The zero-order chi connectivity index (χ0) is 14.8. The van der Waals surface area contributed by atoms with Gasteiger partial charge in [0.1, 0.15) is 17.1 Å². The number of hydrogen-bond donors (Lipinski definition) is 1. The predicted octanol–water partition coefficient (Wildman–Crippen LogP) is 4.72. The first-order valence-electron chi connectivity index (χ1n) is 6.93. The Balaban J connectivity index is 2.15. The Bertz CT molecular complexity index is 547. The number of ether oxygens (including phenoxy) is 1. The molecule has 2 nitrogen and oxygen atoms in total. The lowest BCUT2D eigenvalue weighted by atomic mass is 9.93. The molecule has 2 rings (SSSR count). The number of phenolic OH excluding ortho intramolecular Hbond substituents is 1. The number of phenols is 1. The molecule has 0 aliphatic heterocycles. The van der Waals surface area contributed by atoms with Crippen molar-refractivity contribution >= 4 is 0 Å². The van der Waals surface area contributed by atoms with Crippen molar-refractivity contribution in [1.82, 2.24) is 0 Å². The van der Waals surface area contributed by atoms with Crippen molar-refractivity contribution in [2.24, 2.45) is 0 Å². The first kappa shape index (κ1) is 14.4. The lowest BCUT2D eigenvalue weighted by Crippen LogP contribution is -2.22. The number of rotatable bonds is 3. The highest BCUT2D eigenvalue weighted by Gasteiger charge is 2.13. The van der Waals surface area contributed by atoms with Crippen LogP contribution in [-0.4, -0.2) is 10.7 Å². The van der Waals surface area contributed by atoms with E-state index in [1.165, 1.54) is 11.1 Å². The average molecular weight is 270 g/mol. The van der Waals surface area contributed by atoms with Gasteiger partial charge in [-0.15, -0.1) is 0 Å². The van der Waals surface area contributed by atoms with E-state index in [1.807, 2.05) is 45.0 Å². The zero-order valence-electron chi connectivity index (χ0n) is 12.6. The summed E-state index contributed by atoms with van der Waals surface area (Å²) >= 11 is 0. The van der Waals surface area contributed by atoms with Gasteiger partial charge in [0, 0.05) is 5.92 Å². The molecule has 0 bridgehead atoms. The minimum absolute atomic E-state index is 0.176. The van der Waals surface area contributed by atoms with Crippen molar-refractivity contribution in [2.45, 2.75) is 39.2 Å². The van der Waals surface area contributed by atoms with Crippen LogP contribution in [0.4, 0.5) is 0 Å². The van der Waals surface area contributed by atoms with Crippen LogP contribution in [0.15, 0.2) is 48.5 Å². The van der Waals surface area contributed by atoms with E-state index in [9.17, 15) is 5.11 Å². The zero-order valence-corrected chi connectivity index (χ0v) is 12.6. The molecule has 0 heterocycles. The molecule has 0 spiro atoms. The number of benzene rings is 2. The van der Waals surface area contributed by atoms with Crippen molar-refractivity contribution < 1.29 is 9.84 Å². The van der Waals surface area contributed by atoms with Gasteiger partial charge in [-0.25, -0.2) is 0 Å². The van der Waals surface area contributed by atoms with Gasteiger partial charge in [0.2, 0.25) is 0 Å². The van der Waals surface area contributed by atoms with Gasteiger partial charge in [0.05, 0.1) is 0 Å². The Morgan fingerprint density at radius 1 is 0.850 bits per heavy atom. The van der Waals surface area contributed by atoms with Crippen molar-refractivity contribution in [3.8, 4) is 11.5 Å². The van der Waals surface area contributed by atoms with E-state index in [4.69, 9.17) is 4.74 Å². The molecule has 2 aromatic carbocycles. The molecular weight excluding hydrogens is 248 g/mol. The fourth-order valence-corrected chi connectivity index (χ4v) is 2.13. The first-order valence-corrected chi connectivity index (χ1v) is 6.93. The van der Waals surface area contributed by atoms with Crippen molar-refractivity contribution in [3.05, 3.63) is 59.7 Å². The number of aromatic hydroxyl groups is 1. The molecule has 0 fully saturated rings. The van der Waals surface area contributed by atoms with Gasteiger partial charge in [-0.2, -0.15) is 0 Å². The molecule has 1 atom stereocenters. The van der Waals surface area contributed by atoms with E-state index in [2.05, 4.69) is 19.1 Å². The highest BCUT2D eigenvalue weighted by atomic mass is 16.5. The molecule has 1 N–H and O–H groups in total. The molecule has 106 valence electrons. The molecule has 0 aliphatic rings. The lowest BCUT2D eigenvalue weighted by Gasteiger charge is -2.21. The van der Waals surface area contributed by atoms with Gasteiger partial charge in [-0.05, 0) is 56.2 Å². The summed E-state index contributed by atoms with van der Waals surface area (Å²) in [6.07, 6.45) is 0. The van der Waals surface area contributed by atoms with Crippen molar-refractivity contribution in [3.63, 3.8) is 0 Å². The fourth-order valence-electron chi connectivity index (χ4n) is 2.13. The van der Waals surface area contributed by atoms with Gasteiger partial charge in [-0.1, -0.05) is 31.2 Å². The molecule has 2 aromatic rings. The SMILES string of the molecule is CC(c1ccc(O)cc1)c1ccc(OC(C)(C)C)cc1. The maximum atomic E-state index is 9.34. The van der Waals surface area contributed by atoms with Gasteiger partial charge in [-0.3, -0.25) is 0 Å². The second-order valence-corrected chi connectivity index (χ2v) is 6.10. The molecule has 20 heavy (non-hydrogen) atoms. The first-order chi connectivity index (χ1) is 9.35. The fraction of sp³-hybridized carbons (Fsp3) is 0.333. The third-order valence-corrected chi connectivity index (χ3v) is 3.20. The Morgan fingerprint density at radius 3 is 1.75 bits per heavy atom. The summed E-state index contributed by atoms with van der Waals surface area (Å²) in [4.78, 5) is 0. The van der Waals surface area contributed by atoms with Gasteiger partial charge < -0.3 is 9.84 Å². The summed E-state index contributed by atoms with van der Waals surface area (Å²) in [5, 5.41) is 9.34. The predicted molar refractivity (Wildman–Crippen MR) is 82.4 cm³/mol. The van der Waals surface area contributed by atoms with Crippen LogP contribution in [0.25, 0.3) is 0 Å². The van der Waals surface area contributed by atoms with Crippen LogP contribution in [0.1, 0.15) is 44.7 Å². The molecular formula is C18H22O2. The smallest absolute Gasteiger partial charge is 0.120 e. The minimum atomic E-state index is -0.176. The maximum absolute atomic E-state index is 9.34. The molecule has 0 radical (unpaired) electrons. The van der Waals surface area contributed by atoms with Crippen LogP contribution >= 0.6 is 0 Å². The Morgan fingerprint density at radius 2 is 1.30 bits per heavy atom. The van der Waals surface area contributed by atoms with Crippen LogP contribution < -0.4 is 4.74 Å². The standard InChI is InChI=1S/C18H22O2/c1-13(14-5-9-16(19)10-6-14)15-7-11-17(12-8-15)20-18(2,3)4/h5-13,19H,1-4H3. The monoisotopic (exact) mass is 270 g/mol. The van der Waals surface area contributed by atoms with Crippen LogP contribution in [-0.2, 0) is 0 Å². The Kier molecular flexibility index (Phi) is 4.03. The highest BCUT2D eigenvalue weighted by Crippen LogP contribution is 2.27. The van der Waals surface area contributed by atoms with Crippen LogP contribution in [0.5, 0.6) is 11.5 Å². The Hall–Kier alpha value is -1.96. The van der Waals surface area contributed by atoms with Crippen molar-refractivity contribution in [2.75, 3.05) is 0 Å². The van der Waals surface area contributed by atoms with Crippen LogP contribution in [0.2, 0.25) is 0 Å². The molecule has 0 saturated carbocycles. The summed E-state index contributed by atoms with van der Waals surface area (Å²) in [6.45, 7) is 8.28. The molecule has 1 unspecified atom stereocenters. The summed E-state index contributed by atoms with van der Waals surface area (Å²) in [5.74, 6) is 1.48. The minimum Gasteiger partial charge on any atom is -0.508 e. The summed E-state index contributed by atoms with van der Waals surface area (Å²) in [7, 11) is 0. The second kappa shape index (κ2) is 5.58. The molecule has 0 saturated heterocycles. The summed E-state index contributed by atoms with van der Waals surface area (Å²) in [5.41, 5.74) is 2.24. The van der Waals surface area contributed by atoms with Gasteiger partial charge in [0.25, 0.3) is 0 Å². The van der Waals surface area contributed by atoms with Gasteiger partial charge in [0.15, 0.2) is 0 Å². The lowest BCUT2D eigenvalue weighted by molar-refractivity contribution is 0.131. The van der Waals surface area contributed by atoms with E-state index in [1.54, 1.807) is 12.1 Å². The van der Waals surface area contributed by atoms with Gasteiger partial charge >= 0.3 is 0 Å². The van der Waals surface area contributed by atoms with Crippen LogP contribution in [0, 0.1) is 0 Å². The number of hydrogen-bond acceptors (Lipinski definition) is 2. The van der Waals surface area contributed by atoms with Crippen LogP contribution in [0.3, 0.4) is 0 Å². The largest absolute Gasteiger partial charge is 0.508 e. The Labute approximate surface area is 121 Å². The quantitative estimate of drug-likeness (QED) is 0.874. The molecule has 0 aliphatic carbocycles. The van der Waals surface area contributed by atoms with E-state index in [0.29, 0.717) is 11.7 Å². The van der Waals surface area contributed by atoms with E-state index >= 15 is 0 Å². The summed E-state index contributed by atoms with van der Waals surface area (Å²) in [6, 6.07) is 15.6. The molecule has 0 amide bonds. The summed E-state index contributed by atoms with van der Waals surface area (Å²) < 4.78 is 5.82. The highest BCUT2D eigenvalue weighted by molar-refractivity contribution is 5.37.